The van der Waals surface area contributed by atoms with Gasteiger partial charge in [-0.1, -0.05) is 33.4 Å². The van der Waals surface area contributed by atoms with Crippen molar-refractivity contribution in [2.45, 2.75) is 40.0 Å². The number of hydrogen-bond donors (Lipinski definition) is 3. The summed E-state index contributed by atoms with van der Waals surface area (Å²) in [5.41, 5.74) is 4.80. The van der Waals surface area contributed by atoms with Gasteiger partial charge in [0.25, 0.3) is 5.91 Å². The van der Waals surface area contributed by atoms with E-state index in [-0.39, 0.29) is 11.3 Å². The third kappa shape index (κ3) is 4.22. The van der Waals surface area contributed by atoms with Crippen LogP contribution in [0.3, 0.4) is 0 Å². The van der Waals surface area contributed by atoms with Crippen LogP contribution in [-0.2, 0) is 5.41 Å². The summed E-state index contributed by atoms with van der Waals surface area (Å²) in [6.07, 6.45) is 0. The van der Waals surface area contributed by atoms with E-state index < -0.39 is 0 Å². The Balaban J connectivity index is 2.17. The first kappa shape index (κ1) is 16.8. The van der Waals surface area contributed by atoms with Crippen LogP contribution in [0.15, 0.2) is 36.5 Å². The van der Waals surface area contributed by atoms with Crippen molar-refractivity contribution in [2.24, 2.45) is 0 Å². The number of aryl methyl sites for hydroxylation is 1. The molecule has 3 N–H and O–H groups in total. The SMILES string of the molecule is C=C(C)Nc1cc(NC(=O)c2cc(C(C)(C)C)[nH]n2)ccc1C. The lowest BCUT2D eigenvalue weighted by Crippen LogP contribution is -2.13. The predicted octanol–water partition coefficient (Wildman–Crippen LogP) is 4.21. The van der Waals surface area contributed by atoms with E-state index in [0.717, 1.165) is 22.6 Å². The molecule has 23 heavy (non-hydrogen) atoms. The van der Waals surface area contributed by atoms with Crippen LogP contribution in [0.1, 0.15) is 49.4 Å². The largest absolute Gasteiger partial charge is 0.359 e. The van der Waals surface area contributed by atoms with Gasteiger partial charge in [-0.3, -0.25) is 9.89 Å². The lowest BCUT2D eigenvalue weighted by molar-refractivity contribution is 0.102. The first-order valence-electron chi connectivity index (χ1n) is 7.57. The third-order valence-electron chi connectivity index (χ3n) is 3.46. The number of hydrogen-bond acceptors (Lipinski definition) is 3. The van der Waals surface area contributed by atoms with E-state index in [1.807, 2.05) is 32.0 Å². The first-order chi connectivity index (χ1) is 10.7. The molecule has 1 amide bonds. The molecule has 5 nitrogen and oxygen atoms in total. The Morgan fingerprint density at radius 1 is 1.22 bits per heavy atom. The zero-order valence-electron chi connectivity index (χ0n) is 14.4. The van der Waals surface area contributed by atoms with Crippen molar-refractivity contribution in [2.75, 3.05) is 10.6 Å². The van der Waals surface area contributed by atoms with Crippen molar-refractivity contribution >= 4 is 17.3 Å². The fourth-order valence-electron chi connectivity index (χ4n) is 2.08. The molecule has 0 unspecified atom stereocenters. The molecule has 0 saturated heterocycles. The monoisotopic (exact) mass is 312 g/mol. The predicted molar refractivity (Wildman–Crippen MR) is 94.9 cm³/mol. The first-order valence-corrected chi connectivity index (χ1v) is 7.57. The average molecular weight is 312 g/mol. The molecule has 1 heterocycles. The Hall–Kier alpha value is -2.56. The van der Waals surface area contributed by atoms with Crippen LogP contribution in [-0.4, -0.2) is 16.1 Å². The minimum absolute atomic E-state index is 0.0754. The number of rotatable bonds is 4. The molecule has 122 valence electrons. The standard InChI is InChI=1S/C18H24N4O/c1-11(2)19-14-9-13(8-7-12(14)3)20-17(23)15-10-16(22-21-15)18(4,5)6/h7-10,19H,1H2,2-6H3,(H,20,23)(H,21,22). The zero-order valence-corrected chi connectivity index (χ0v) is 14.4. The summed E-state index contributed by atoms with van der Waals surface area (Å²) in [6.45, 7) is 13.9. The van der Waals surface area contributed by atoms with Gasteiger partial charge in [-0.05, 0) is 37.6 Å². The van der Waals surface area contributed by atoms with Gasteiger partial charge in [0.2, 0.25) is 0 Å². The molecule has 1 aromatic carbocycles. The molecule has 0 atom stereocenters. The van der Waals surface area contributed by atoms with Crippen molar-refractivity contribution in [3.63, 3.8) is 0 Å². The maximum atomic E-state index is 12.3. The smallest absolute Gasteiger partial charge is 0.276 e. The van der Waals surface area contributed by atoms with Gasteiger partial charge in [0.05, 0.1) is 0 Å². The number of amides is 1. The number of carbonyl (C=O) groups is 1. The van der Waals surface area contributed by atoms with Gasteiger partial charge in [0.1, 0.15) is 0 Å². The van der Waals surface area contributed by atoms with E-state index in [1.165, 1.54) is 0 Å². The number of nitrogens with one attached hydrogen (secondary N) is 3. The second kappa shape index (κ2) is 6.28. The summed E-state index contributed by atoms with van der Waals surface area (Å²) in [5, 5.41) is 13.1. The molecule has 0 radical (unpaired) electrons. The quantitative estimate of drug-likeness (QED) is 0.792. The number of anilines is 2. The molecular formula is C18H24N4O. The average Bonchev–Trinajstić information content (AvgIpc) is 2.91. The summed E-state index contributed by atoms with van der Waals surface area (Å²) in [6, 6.07) is 7.50. The van der Waals surface area contributed by atoms with Gasteiger partial charge in [0.15, 0.2) is 5.69 Å². The van der Waals surface area contributed by atoms with Crippen molar-refractivity contribution < 1.29 is 4.79 Å². The zero-order chi connectivity index (χ0) is 17.2. The third-order valence-corrected chi connectivity index (χ3v) is 3.46. The van der Waals surface area contributed by atoms with E-state index in [9.17, 15) is 4.79 Å². The Bertz CT molecular complexity index is 738. The highest BCUT2D eigenvalue weighted by molar-refractivity contribution is 6.03. The number of benzene rings is 1. The van der Waals surface area contributed by atoms with Crippen LogP contribution in [0, 0.1) is 6.92 Å². The highest BCUT2D eigenvalue weighted by atomic mass is 16.1. The van der Waals surface area contributed by atoms with Crippen molar-refractivity contribution in [3.05, 3.63) is 53.5 Å². The minimum Gasteiger partial charge on any atom is -0.359 e. The van der Waals surface area contributed by atoms with Crippen LogP contribution in [0.25, 0.3) is 0 Å². The van der Waals surface area contributed by atoms with Crippen LogP contribution >= 0.6 is 0 Å². The Labute approximate surface area is 137 Å². The molecule has 0 bridgehead atoms. The molecule has 0 fully saturated rings. The molecule has 2 aromatic rings. The summed E-state index contributed by atoms with van der Waals surface area (Å²) < 4.78 is 0. The maximum absolute atomic E-state index is 12.3. The highest BCUT2D eigenvalue weighted by Gasteiger charge is 2.19. The Kier molecular flexibility index (Phi) is 4.59. The number of aromatic amines is 1. The second-order valence-electron chi connectivity index (χ2n) is 6.81. The molecule has 0 spiro atoms. The molecule has 1 aromatic heterocycles. The van der Waals surface area contributed by atoms with Gasteiger partial charge in [-0.2, -0.15) is 5.10 Å². The van der Waals surface area contributed by atoms with Crippen molar-refractivity contribution in [3.8, 4) is 0 Å². The van der Waals surface area contributed by atoms with E-state index in [1.54, 1.807) is 6.07 Å². The van der Waals surface area contributed by atoms with E-state index in [0.29, 0.717) is 11.4 Å². The topological polar surface area (TPSA) is 69.8 Å². The maximum Gasteiger partial charge on any atom is 0.276 e. The number of nitrogens with zero attached hydrogens (tertiary/aromatic N) is 1. The fraction of sp³-hybridized carbons (Fsp3) is 0.333. The summed E-state index contributed by atoms with van der Waals surface area (Å²) in [7, 11) is 0. The van der Waals surface area contributed by atoms with E-state index in [4.69, 9.17) is 0 Å². The second-order valence-corrected chi connectivity index (χ2v) is 6.81. The van der Waals surface area contributed by atoms with Gasteiger partial charge in [0, 0.05) is 28.2 Å². The minimum atomic E-state index is -0.234. The van der Waals surface area contributed by atoms with Gasteiger partial charge >= 0.3 is 0 Å². The lowest BCUT2D eigenvalue weighted by atomic mass is 9.92. The van der Waals surface area contributed by atoms with Crippen LogP contribution in [0.2, 0.25) is 0 Å². The molecule has 0 aliphatic carbocycles. The molecule has 0 aliphatic heterocycles. The van der Waals surface area contributed by atoms with Gasteiger partial charge < -0.3 is 10.6 Å². The lowest BCUT2D eigenvalue weighted by Gasteiger charge is -2.14. The van der Waals surface area contributed by atoms with Crippen molar-refractivity contribution in [1.29, 1.82) is 0 Å². The number of carbonyl (C=O) groups excluding carboxylic acids is 1. The molecule has 2 rings (SSSR count). The van der Waals surface area contributed by atoms with Crippen molar-refractivity contribution in [1.82, 2.24) is 10.2 Å². The Morgan fingerprint density at radius 3 is 2.48 bits per heavy atom. The normalized spacial score (nSPS) is 11.2. The summed E-state index contributed by atoms with van der Waals surface area (Å²) in [4.78, 5) is 12.3. The number of H-pyrrole nitrogens is 1. The molecule has 0 saturated carbocycles. The van der Waals surface area contributed by atoms with E-state index in [2.05, 4.69) is 48.2 Å². The summed E-state index contributed by atoms with van der Waals surface area (Å²) >= 11 is 0. The molecule has 0 aliphatic rings. The molecule has 5 heteroatoms. The Morgan fingerprint density at radius 2 is 1.91 bits per heavy atom. The summed E-state index contributed by atoms with van der Waals surface area (Å²) in [5.74, 6) is -0.234. The van der Waals surface area contributed by atoms with E-state index >= 15 is 0 Å². The van der Waals surface area contributed by atoms with Crippen LogP contribution in [0.4, 0.5) is 11.4 Å². The fourth-order valence-corrected chi connectivity index (χ4v) is 2.08. The van der Waals surface area contributed by atoms with Gasteiger partial charge in [-0.25, -0.2) is 0 Å². The molecular weight excluding hydrogens is 288 g/mol. The number of aromatic nitrogens is 2. The number of allylic oxidation sites excluding steroid dienone is 1. The highest BCUT2D eigenvalue weighted by Crippen LogP contribution is 2.23. The van der Waals surface area contributed by atoms with Crippen LogP contribution < -0.4 is 10.6 Å². The van der Waals surface area contributed by atoms with Gasteiger partial charge in [-0.15, -0.1) is 0 Å². The van der Waals surface area contributed by atoms with Crippen LogP contribution in [0.5, 0.6) is 0 Å².